The molecular formula is C21H24BrCl2IN4OS. The first-order valence-corrected chi connectivity index (χ1v) is 12.4. The van der Waals surface area contributed by atoms with Gasteiger partial charge in [0.15, 0.2) is 0 Å². The number of benzene rings is 1. The number of quaternary nitrogens is 1. The Kier molecular flexibility index (Phi) is 8.35. The summed E-state index contributed by atoms with van der Waals surface area (Å²) in [6.45, 7) is 3.94. The van der Waals surface area contributed by atoms with Crippen molar-refractivity contribution in [3.63, 3.8) is 0 Å². The van der Waals surface area contributed by atoms with E-state index in [9.17, 15) is 4.79 Å². The number of thiophene rings is 1. The molecule has 0 saturated carbocycles. The summed E-state index contributed by atoms with van der Waals surface area (Å²) in [6.07, 6.45) is 3.47. The fourth-order valence-corrected chi connectivity index (χ4v) is 6.34. The Bertz CT molecular complexity index is 996. The Morgan fingerprint density at radius 3 is 2.55 bits per heavy atom. The van der Waals surface area contributed by atoms with E-state index < -0.39 is 0 Å². The lowest BCUT2D eigenvalue weighted by atomic mass is 9.95. The summed E-state index contributed by atoms with van der Waals surface area (Å²) in [6, 6.07) is 9.33. The maximum absolute atomic E-state index is 13.3. The highest BCUT2D eigenvalue weighted by Crippen LogP contribution is 2.44. The molecule has 31 heavy (non-hydrogen) atoms. The second kappa shape index (κ2) is 10.3. The van der Waals surface area contributed by atoms with Crippen LogP contribution in [0.25, 0.3) is 0 Å². The smallest absolute Gasteiger partial charge is 0.312 e. The molecule has 1 fully saturated rings. The monoisotopic (exact) mass is 656 g/mol. The maximum Gasteiger partial charge on any atom is 0.312 e. The van der Waals surface area contributed by atoms with Gasteiger partial charge >= 0.3 is 5.91 Å². The molecule has 5 nitrogen and oxygen atoms in total. The number of nitrogens with one attached hydrogen (secondary N) is 1. The van der Waals surface area contributed by atoms with Crippen LogP contribution in [0, 0.1) is 5.92 Å². The second-order valence-electron chi connectivity index (χ2n) is 8.15. The third-order valence-electron chi connectivity index (χ3n) is 5.83. The number of likely N-dealkylation sites (tertiary alicyclic amines) is 1. The number of carbonyl (C=O) groups excluding carboxylic acids is 1. The van der Waals surface area contributed by atoms with Crippen LogP contribution >= 0.6 is 50.5 Å². The number of nitrogens with zero attached hydrogens (tertiary/aromatic N) is 3. The SMILES string of the molecule is C[C@H]1C(C(=O)N[N+]2(C)CCCCC2)=NN(c2ccc(Cl)cc2Cl)[C@H]1c1ccc(Br)s1.[I-]. The van der Waals surface area contributed by atoms with Crippen LogP contribution < -0.4 is 34.4 Å². The molecule has 3 heterocycles. The van der Waals surface area contributed by atoms with Crippen LogP contribution in [0.4, 0.5) is 5.69 Å². The van der Waals surface area contributed by atoms with E-state index in [-0.39, 0.29) is 41.8 Å². The molecule has 2 aromatic rings. The predicted octanol–water partition coefficient (Wildman–Crippen LogP) is 3.04. The van der Waals surface area contributed by atoms with Crippen molar-refractivity contribution in [2.75, 3.05) is 25.1 Å². The highest BCUT2D eigenvalue weighted by Gasteiger charge is 2.42. The van der Waals surface area contributed by atoms with Gasteiger partial charge in [-0.3, -0.25) is 9.80 Å². The molecule has 0 bridgehead atoms. The molecule has 2 aliphatic rings. The van der Waals surface area contributed by atoms with Crippen LogP contribution in [-0.2, 0) is 4.79 Å². The number of hydrogen-bond donors (Lipinski definition) is 1. The minimum Gasteiger partial charge on any atom is -1.00 e. The number of halogens is 4. The molecule has 2 aliphatic heterocycles. The van der Waals surface area contributed by atoms with E-state index in [0.29, 0.717) is 20.3 Å². The first-order valence-electron chi connectivity index (χ1n) is 10.0. The summed E-state index contributed by atoms with van der Waals surface area (Å²) in [5.41, 5.74) is 4.49. The fourth-order valence-electron chi connectivity index (χ4n) is 4.23. The van der Waals surface area contributed by atoms with Gasteiger partial charge in [-0.15, -0.1) is 11.3 Å². The van der Waals surface area contributed by atoms with E-state index in [0.717, 1.165) is 40.3 Å². The van der Waals surface area contributed by atoms with E-state index in [1.54, 1.807) is 23.5 Å². The average Bonchev–Trinajstić information content (AvgIpc) is 3.25. The van der Waals surface area contributed by atoms with Crippen molar-refractivity contribution in [2.45, 2.75) is 32.2 Å². The Balaban J connectivity index is 0.00000272. The third kappa shape index (κ3) is 5.41. The van der Waals surface area contributed by atoms with Crippen molar-refractivity contribution in [3.8, 4) is 0 Å². The summed E-state index contributed by atoms with van der Waals surface area (Å²) >= 11 is 17.8. The zero-order valence-corrected chi connectivity index (χ0v) is 23.3. The zero-order valence-electron chi connectivity index (χ0n) is 17.2. The van der Waals surface area contributed by atoms with Gasteiger partial charge in [0.25, 0.3) is 0 Å². The van der Waals surface area contributed by atoms with Crippen molar-refractivity contribution in [1.82, 2.24) is 5.43 Å². The topological polar surface area (TPSA) is 44.7 Å². The normalized spacial score (nSPS) is 22.6. The maximum atomic E-state index is 13.3. The molecule has 1 N–H and O–H groups in total. The Hall–Kier alpha value is -0.390. The Labute approximate surface area is 222 Å². The molecule has 0 aliphatic carbocycles. The average molecular weight is 658 g/mol. The van der Waals surface area contributed by atoms with Gasteiger partial charge in [-0.25, -0.2) is 4.59 Å². The van der Waals surface area contributed by atoms with Crippen LogP contribution in [0.3, 0.4) is 0 Å². The van der Waals surface area contributed by atoms with Crippen molar-refractivity contribution < 1.29 is 33.4 Å². The van der Waals surface area contributed by atoms with Crippen LogP contribution in [0.5, 0.6) is 0 Å². The van der Waals surface area contributed by atoms with Gasteiger partial charge in [-0.2, -0.15) is 10.5 Å². The molecule has 1 amide bonds. The lowest BCUT2D eigenvalue weighted by Crippen LogP contribution is -3.00. The number of anilines is 1. The first kappa shape index (κ1) is 25.2. The van der Waals surface area contributed by atoms with Crippen molar-refractivity contribution in [3.05, 3.63) is 49.0 Å². The van der Waals surface area contributed by atoms with Gasteiger partial charge in [0, 0.05) is 15.8 Å². The van der Waals surface area contributed by atoms with E-state index in [2.05, 4.69) is 41.4 Å². The number of piperidine rings is 1. The van der Waals surface area contributed by atoms with Gasteiger partial charge in [0.1, 0.15) is 18.8 Å². The van der Waals surface area contributed by atoms with Crippen LogP contribution in [-0.4, -0.2) is 36.3 Å². The molecule has 1 aromatic heterocycles. The Morgan fingerprint density at radius 1 is 1.23 bits per heavy atom. The summed E-state index contributed by atoms with van der Waals surface area (Å²) in [5.74, 6) is -0.209. The quantitative estimate of drug-likeness (QED) is 0.406. The van der Waals surface area contributed by atoms with Crippen LogP contribution in [0.15, 0.2) is 39.2 Å². The number of hydrogen-bond acceptors (Lipinski definition) is 4. The number of carbonyl (C=O) groups is 1. The molecule has 0 spiro atoms. The highest BCUT2D eigenvalue weighted by molar-refractivity contribution is 9.11. The Morgan fingerprint density at radius 2 is 1.94 bits per heavy atom. The van der Waals surface area contributed by atoms with Gasteiger partial charge in [0.2, 0.25) is 0 Å². The second-order valence-corrected chi connectivity index (χ2v) is 11.5. The lowest BCUT2D eigenvalue weighted by Gasteiger charge is -2.36. The molecule has 4 rings (SSSR count). The number of rotatable bonds is 4. The number of hydrazone groups is 1. The molecular weight excluding hydrogens is 634 g/mol. The summed E-state index contributed by atoms with van der Waals surface area (Å²) in [4.78, 5) is 14.4. The molecule has 1 saturated heterocycles. The van der Waals surface area contributed by atoms with Crippen molar-refractivity contribution >= 4 is 67.8 Å². The largest absolute Gasteiger partial charge is 1.00 e. The van der Waals surface area contributed by atoms with Crippen LogP contribution in [0.1, 0.15) is 37.1 Å². The molecule has 2 atom stereocenters. The standard InChI is InChI=1S/C21H23BrCl2N4OS.HI/c1-13-19(21(29)26-28(2)10-4-3-5-11-28)25-27(16-7-6-14(23)12-15(16)24)20(13)17-8-9-18(22)30-17;/h6-9,12-13,20H,3-5,10-11H2,1-2H3;1H/t13-,20+;/m0./s1. The minimum absolute atomic E-state index is 0. The molecule has 168 valence electrons. The summed E-state index contributed by atoms with van der Waals surface area (Å²) < 4.78 is 1.60. The van der Waals surface area contributed by atoms with Crippen LogP contribution in [0.2, 0.25) is 10.0 Å². The highest BCUT2D eigenvalue weighted by atomic mass is 127. The molecule has 1 aromatic carbocycles. The predicted molar refractivity (Wildman–Crippen MR) is 128 cm³/mol. The van der Waals surface area contributed by atoms with Gasteiger partial charge in [-0.05, 0) is 65.5 Å². The minimum atomic E-state index is -0.118. The van der Waals surface area contributed by atoms with Gasteiger partial charge in [-0.1, -0.05) is 30.1 Å². The van der Waals surface area contributed by atoms with Gasteiger partial charge in [0.05, 0.1) is 27.6 Å². The summed E-state index contributed by atoms with van der Waals surface area (Å²) in [7, 11) is 2.08. The fraction of sp³-hybridized carbons (Fsp3) is 0.429. The van der Waals surface area contributed by atoms with Gasteiger partial charge < -0.3 is 24.0 Å². The van der Waals surface area contributed by atoms with E-state index in [4.69, 9.17) is 28.3 Å². The van der Waals surface area contributed by atoms with E-state index >= 15 is 0 Å². The third-order valence-corrected chi connectivity index (χ3v) is 8.07. The molecule has 10 heteroatoms. The molecule has 0 unspecified atom stereocenters. The van der Waals surface area contributed by atoms with Crippen molar-refractivity contribution in [1.29, 1.82) is 0 Å². The van der Waals surface area contributed by atoms with Crippen molar-refractivity contribution in [2.24, 2.45) is 11.0 Å². The summed E-state index contributed by atoms with van der Waals surface area (Å²) in [5, 5.41) is 7.73. The number of amides is 1. The molecule has 0 radical (unpaired) electrons. The van der Waals surface area contributed by atoms with E-state index in [1.165, 1.54) is 6.42 Å². The first-order chi connectivity index (χ1) is 14.3. The zero-order chi connectivity index (χ0) is 21.5. The van der Waals surface area contributed by atoms with E-state index in [1.807, 2.05) is 17.1 Å². The lowest BCUT2D eigenvalue weighted by molar-refractivity contribution is -0.947.